The lowest BCUT2D eigenvalue weighted by atomic mass is 9.91. The van der Waals surface area contributed by atoms with Gasteiger partial charge in [0.05, 0.1) is 12.1 Å². The average Bonchev–Trinajstić information content (AvgIpc) is 2.63. The molecule has 7 heteroatoms. The van der Waals surface area contributed by atoms with Crippen LogP contribution in [0.15, 0.2) is 24.3 Å². The van der Waals surface area contributed by atoms with Gasteiger partial charge in [0, 0.05) is 30.0 Å². The highest BCUT2D eigenvalue weighted by Crippen LogP contribution is 2.29. The summed E-state index contributed by atoms with van der Waals surface area (Å²) >= 11 is 0. The molecule has 1 saturated heterocycles. The second-order valence-electron chi connectivity index (χ2n) is 7.91. The second-order valence-corrected chi connectivity index (χ2v) is 7.91. The van der Waals surface area contributed by atoms with Crippen molar-refractivity contribution in [1.29, 1.82) is 0 Å². The van der Waals surface area contributed by atoms with E-state index in [1.54, 1.807) is 4.90 Å². The minimum Gasteiger partial charge on any atom is -0.345 e. The van der Waals surface area contributed by atoms with Crippen LogP contribution in [0.25, 0.3) is 0 Å². The molecule has 0 saturated carbocycles. The zero-order valence-electron chi connectivity index (χ0n) is 16.3. The van der Waals surface area contributed by atoms with Crippen LogP contribution in [0, 0.1) is 23.2 Å². The number of hydrogen-bond acceptors (Lipinski definition) is 2. The van der Waals surface area contributed by atoms with Crippen molar-refractivity contribution >= 4 is 11.8 Å². The number of nitrogens with one attached hydrogen (secondary N) is 1. The van der Waals surface area contributed by atoms with E-state index in [2.05, 4.69) is 17.2 Å². The first-order chi connectivity index (χ1) is 13.0. The van der Waals surface area contributed by atoms with E-state index in [4.69, 9.17) is 0 Å². The number of carbonyl (C=O) groups is 2. The molecule has 2 rings (SSSR count). The van der Waals surface area contributed by atoms with Gasteiger partial charge in [-0.05, 0) is 31.0 Å². The third kappa shape index (κ3) is 6.01. The van der Waals surface area contributed by atoms with Gasteiger partial charge < -0.3 is 10.2 Å². The molecule has 1 heterocycles. The van der Waals surface area contributed by atoms with E-state index in [-0.39, 0.29) is 29.8 Å². The van der Waals surface area contributed by atoms with Crippen LogP contribution in [-0.4, -0.2) is 36.3 Å². The fourth-order valence-electron chi connectivity index (χ4n) is 3.01. The lowest BCUT2D eigenvalue weighted by molar-refractivity contribution is -0.142. The van der Waals surface area contributed by atoms with Crippen LogP contribution in [0.1, 0.15) is 44.7 Å². The second kappa shape index (κ2) is 8.68. The van der Waals surface area contributed by atoms with Crippen molar-refractivity contribution in [3.8, 4) is 11.8 Å². The number of likely N-dealkylation sites (tertiary alicyclic amines) is 1. The van der Waals surface area contributed by atoms with Gasteiger partial charge in [0.2, 0.25) is 11.8 Å². The van der Waals surface area contributed by atoms with Crippen LogP contribution in [0.3, 0.4) is 0 Å². The Morgan fingerprint density at radius 3 is 2.39 bits per heavy atom. The SMILES string of the molecule is CC(C)(C)C(=O)N1CCC(C(=O)NCC#Cc2cccc(C(F)(F)F)c2)CC1. The van der Waals surface area contributed by atoms with Crippen molar-refractivity contribution in [2.24, 2.45) is 11.3 Å². The summed E-state index contributed by atoms with van der Waals surface area (Å²) in [5.74, 6) is 5.08. The van der Waals surface area contributed by atoms with E-state index in [1.165, 1.54) is 12.1 Å². The Kier molecular flexibility index (Phi) is 6.76. The molecule has 0 aliphatic carbocycles. The molecule has 1 aliphatic rings. The molecule has 1 N–H and O–H groups in total. The van der Waals surface area contributed by atoms with Gasteiger partial charge in [-0.3, -0.25) is 9.59 Å². The highest BCUT2D eigenvalue weighted by atomic mass is 19.4. The molecule has 2 amide bonds. The third-order valence-corrected chi connectivity index (χ3v) is 4.57. The summed E-state index contributed by atoms with van der Waals surface area (Å²) in [6.07, 6.45) is -3.22. The van der Waals surface area contributed by atoms with Gasteiger partial charge in [-0.25, -0.2) is 0 Å². The summed E-state index contributed by atoms with van der Waals surface area (Å²) in [6, 6.07) is 4.77. The number of piperidine rings is 1. The van der Waals surface area contributed by atoms with Crippen molar-refractivity contribution < 1.29 is 22.8 Å². The quantitative estimate of drug-likeness (QED) is 0.781. The number of alkyl halides is 3. The Balaban J connectivity index is 1.82. The molecule has 28 heavy (non-hydrogen) atoms. The molecule has 1 aliphatic heterocycles. The number of carbonyl (C=O) groups excluding carboxylic acids is 2. The van der Waals surface area contributed by atoms with E-state index >= 15 is 0 Å². The summed E-state index contributed by atoms with van der Waals surface area (Å²) in [5, 5.41) is 2.70. The highest BCUT2D eigenvalue weighted by molar-refractivity contribution is 5.82. The standard InChI is InChI=1S/C21H25F3N2O2/c1-20(2,3)19(28)26-12-9-16(10-13-26)18(27)25-11-5-7-15-6-4-8-17(14-15)21(22,23)24/h4,6,8,14,16H,9-13H2,1-3H3,(H,25,27). The lowest BCUT2D eigenvalue weighted by Gasteiger charge is -2.35. The molecule has 0 radical (unpaired) electrons. The normalized spacial score (nSPS) is 15.6. The minimum atomic E-state index is -4.41. The van der Waals surface area contributed by atoms with E-state index in [1.807, 2.05) is 20.8 Å². The van der Waals surface area contributed by atoms with Gasteiger partial charge in [-0.2, -0.15) is 13.2 Å². The van der Waals surface area contributed by atoms with Crippen molar-refractivity contribution in [3.63, 3.8) is 0 Å². The Hall–Kier alpha value is -2.49. The summed E-state index contributed by atoms with van der Waals surface area (Å²) in [6.45, 7) is 6.77. The van der Waals surface area contributed by atoms with Crippen LogP contribution in [-0.2, 0) is 15.8 Å². The summed E-state index contributed by atoms with van der Waals surface area (Å²) in [4.78, 5) is 26.3. The van der Waals surface area contributed by atoms with Crippen LogP contribution in [0.2, 0.25) is 0 Å². The van der Waals surface area contributed by atoms with Gasteiger partial charge >= 0.3 is 6.18 Å². The maximum Gasteiger partial charge on any atom is 0.416 e. The molecular formula is C21H25F3N2O2. The van der Waals surface area contributed by atoms with Gasteiger partial charge in [-0.1, -0.05) is 38.7 Å². The molecule has 152 valence electrons. The number of halogens is 3. The molecule has 0 atom stereocenters. The predicted molar refractivity (Wildman–Crippen MR) is 100 cm³/mol. The van der Waals surface area contributed by atoms with Crippen molar-refractivity contribution in [2.45, 2.75) is 39.8 Å². The van der Waals surface area contributed by atoms with E-state index < -0.39 is 17.2 Å². The molecule has 4 nitrogen and oxygen atoms in total. The first-order valence-corrected chi connectivity index (χ1v) is 9.21. The minimum absolute atomic E-state index is 0.0657. The Morgan fingerprint density at radius 2 is 1.82 bits per heavy atom. The Bertz CT molecular complexity index is 777. The van der Waals surface area contributed by atoms with E-state index in [0.717, 1.165) is 12.1 Å². The average molecular weight is 394 g/mol. The van der Waals surface area contributed by atoms with Crippen molar-refractivity contribution in [2.75, 3.05) is 19.6 Å². The molecule has 1 aromatic rings. The van der Waals surface area contributed by atoms with Gasteiger partial charge in [0.15, 0.2) is 0 Å². The predicted octanol–water partition coefficient (Wildman–Crippen LogP) is 3.46. The molecule has 0 spiro atoms. The number of rotatable bonds is 2. The number of amides is 2. The maximum absolute atomic E-state index is 12.7. The maximum atomic E-state index is 12.7. The largest absolute Gasteiger partial charge is 0.416 e. The number of benzene rings is 1. The van der Waals surface area contributed by atoms with Crippen molar-refractivity contribution in [1.82, 2.24) is 10.2 Å². The van der Waals surface area contributed by atoms with Crippen molar-refractivity contribution in [3.05, 3.63) is 35.4 Å². The molecular weight excluding hydrogens is 369 g/mol. The first-order valence-electron chi connectivity index (χ1n) is 9.21. The van der Waals surface area contributed by atoms with E-state index in [9.17, 15) is 22.8 Å². The summed E-state index contributed by atoms with van der Waals surface area (Å²) in [7, 11) is 0. The molecule has 0 unspecified atom stereocenters. The molecule has 0 bridgehead atoms. The fraction of sp³-hybridized carbons (Fsp3) is 0.524. The lowest BCUT2D eigenvalue weighted by Crippen LogP contribution is -2.46. The topological polar surface area (TPSA) is 49.4 Å². The Labute approximate surface area is 163 Å². The third-order valence-electron chi connectivity index (χ3n) is 4.57. The number of nitrogens with zero attached hydrogens (tertiary/aromatic N) is 1. The van der Waals surface area contributed by atoms with E-state index in [0.29, 0.717) is 25.9 Å². The van der Waals surface area contributed by atoms with Crippen LogP contribution < -0.4 is 5.32 Å². The van der Waals surface area contributed by atoms with Gasteiger partial charge in [-0.15, -0.1) is 0 Å². The Morgan fingerprint density at radius 1 is 1.18 bits per heavy atom. The first kappa shape index (κ1) is 21.8. The molecule has 0 aromatic heterocycles. The fourth-order valence-corrected chi connectivity index (χ4v) is 3.01. The zero-order chi connectivity index (χ0) is 20.9. The smallest absolute Gasteiger partial charge is 0.345 e. The van der Waals surface area contributed by atoms with Gasteiger partial charge in [0.1, 0.15) is 0 Å². The molecule has 1 fully saturated rings. The van der Waals surface area contributed by atoms with Gasteiger partial charge in [0.25, 0.3) is 0 Å². The highest BCUT2D eigenvalue weighted by Gasteiger charge is 2.32. The molecule has 1 aromatic carbocycles. The summed E-state index contributed by atoms with van der Waals surface area (Å²) < 4.78 is 38.0. The monoisotopic (exact) mass is 394 g/mol. The zero-order valence-corrected chi connectivity index (χ0v) is 16.3. The number of hydrogen-bond donors (Lipinski definition) is 1. The van der Waals surface area contributed by atoms with Crippen LogP contribution in [0.4, 0.5) is 13.2 Å². The summed E-state index contributed by atoms with van der Waals surface area (Å²) in [5.41, 5.74) is -0.938. The van der Waals surface area contributed by atoms with Crippen LogP contribution in [0.5, 0.6) is 0 Å². The van der Waals surface area contributed by atoms with Crippen LogP contribution >= 0.6 is 0 Å².